The van der Waals surface area contributed by atoms with Crippen molar-refractivity contribution in [3.63, 3.8) is 0 Å². The lowest BCUT2D eigenvalue weighted by Gasteiger charge is -2.39. The number of nitrogens with zero attached hydrogens (tertiary/aromatic N) is 3. The van der Waals surface area contributed by atoms with E-state index in [2.05, 4.69) is 10.3 Å². The summed E-state index contributed by atoms with van der Waals surface area (Å²) in [6.45, 7) is 3.15. The van der Waals surface area contributed by atoms with Crippen molar-refractivity contribution >= 4 is 34.4 Å². The van der Waals surface area contributed by atoms with Crippen LogP contribution in [0.5, 0.6) is 5.75 Å². The molecule has 37 heavy (non-hydrogen) atoms. The van der Waals surface area contributed by atoms with Gasteiger partial charge in [-0.15, -0.1) is 12.4 Å². The Bertz CT molecular complexity index is 1110. The Morgan fingerprint density at radius 2 is 1.78 bits per heavy atom. The van der Waals surface area contributed by atoms with Crippen LogP contribution in [0, 0.1) is 5.92 Å². The predicted octanol–water partition coefficient (Wildman–Crippen LogP) is 2.41. The molecule has 3 amide bonds. The van der Waals surface area contributed by atoms with Gasteiger partial charge in [-0.2, -0.15) is 4.31 Å². The molecular weight excluding hydrogens is 522 g/mol. The molecule has 0 spiro atoms. The van der Waals surface area contributed by atoms with Crippen molar-refractivity contribution in [1.82, 2.24) is 25.0 Å². The second kappa shape index (κ2) is 14.1. The van der Waals surface area contributed by atoms with E-state index in [9.17, 15) is 23.2 Å². The number of sulfonamides is 1. The highest BCUT2D eigenvalue weighted by Crippen LogP contribution is 2.31. The van der Waals surface area contributed by atoms with Gasteiger partial charge in [-0.05, 0) is 67.1 Å². The molecule has 204 valence electrons. The molecule has 1 saturated heterocycles. The van der Waals surface area contributed by atoms with E-state index in [1.54, 1.807) is 34.9 Å². The lowest BCUT2D eigenvalue weighted by molar-refractivity contribution is -0.135. The molecule has 1 aromatic carbocycles. The number of nitrogens with one attached hydrogen (secondary N) is 2. The average Bonchev–Trinajstić information content (AvgIpc) is 2.92. The van der Waals surface area contributed by atoms with E-state index in [-0.39, 0.29) is 29.9 Å². The van der Waals surface area contributed by atoms with Crippen molar-refractivity contribution in [2.75, 3.05) is 26.7 Å². The summed E-state index contributed by atoms with van der Waals surface area (Å²) in [6.07, 6.45) is 4.68. The summed E-state index contributed by atoms with van der Waals surface area (Å²) in [7, 11) is -2.70. The second-order valence-corrected chi connectivity index (χ2v) is 10.4. The van der Waals surface area contributed by atoms with Gasteiger partial charge in [0.05, 0.1) is 12.0 Å². The maximum Gasteiger partial charge on any atom is 0.317 e. The van der Waals surface area contributed by atoms with Crippen molar-refractivity contribution in [3.8, 4) is 5.75 Å². The summed E-state index contributed by atoms with van der Waals surface area (Å²) in [5.41, 5.74) is 2.30. The van der Waals surface area contributed by atoms with Crippen LogP contribution in [-0.4, -0.2) is 72.5 Å². The van der Waals surface area contributed by atoms with Gasteiger partial charge in [0.1, 0.15) is 11.8 Å². The van der Waals surface area contributed by atoms with Crippen LogP contribution < -0.4 is 15.5 Å². The van der Waals surface area contributed by atoms with E-state index < -0.39 is 27.9 Å². The van der Waals surface area contributed by atoms with Gasteiger partial charge in [0.25, 0.3) is 5.91 Å². The number of pyridine rings is 1. The van der Waals surface area contributed by atoms with Gasteiger partial charge in [-0.1, -0.05) is 6.92 Å². The van der Waals surface area contributed by atoms with Crippen LogP contribution in [0.25, 0.3) is 0 Å². The lowest BCUT2D eigenvalue weighted by atomic mass is 9.88. The number of benzene rings is 1. The molecular formula is C24H34ClN5O6S. The molecule has 2 heterocycles. The fraction of sp³-hybridized carbons (Fsp3) is 0.458. The maximum atomic E-state index is 13.9. The molecule has 3 rings (SSSR count). The van der Waals surface area contributed by atoms with Gasteiger partial charge in [-0.25, -0.2) is 18.7 Å². The number of amides is 3. The molecule has 1 aromatic heterocycles. The summed E-state index contributed by atoms with van der Waals surface area (Å²) in [5.74, 6) is -0.759. The first-order valence-corrected chi connectivity index (χ1v) is 13.3. The van der Waals surface area contributed by atoms with Crippen LogP contribution in [0.2, 0.25) is 0 Å². The van der Waals surface area contributed by atoms with E-state index in [1.165, 1.54) is 31.4 Å². The Kier molecular flexibility index (Phi) is 11.6. The largest absolute Gasteiger partial charge is 0.497 e. The third kappa shape index (κ3) is 7.54. The number of hydrogen-bond acceptors (Lipinski definition) is 7. The molecule has 11 nitrogen and oxygen atoms in total. The minimum absolute atomic E-state index is 0. The third-order valence-electron chi connectivity index (χ3n) is 6.24. The fourth-order valence-electron chi connectivity index (χ4n) is 4.29. The van der Waals surface area contributed by atoms with Gasteiger partial charge < -0.3 is 15.0 Å². The molecule has 1 atom stereocenters. The van der Waals surface area contributed by atoms with Crippen molar-refractivity contribution in [1.29, 1.82) is 0 Å². The normalized spacial score (nSPS) is 15.0. The quantitative estimate of drug-likeness (QED) is 0.302. The Balaban J connectivity index is 0.00000481. The molecule has 2 aromatic rings. The third-order valence-corrected chi connectivity index (χ3v) is 8.08. The summed E-state index contributed by atoms with van der Waals surface area (Å²) in [6, 6.07) is 7.87. The number of piperidine rings is 1. The summed E-state index contributed by atoms with van der Waals surface area (Å²) in [5, 5.41) is 12.4. The Morgan fingerprint density at radius 3 is 2.32 bits per heavy atom. The predicted molar refractivity (Wildman–Crippen MR) is 139 cm³/mol. The number of urea groups is 1. The smallest absolute Gasteiger partial charge is 0.317 e. The first-order valence-electron chi connectivity index (χ1n) is 11.8. The molecule has 1 aliphatic heterocycles. The van der Waals surface area contributed by atoms with Crippen molar-refractivity contribution < 1.29 is 28.0 Å². The zero-order valence-electron chi connectivity index (χ0n) is 20.9. The molecule has 0 radical (unpaired) electrons. The second-order valence-electron chi connectivity index (χ2n) is 8.56. The number of ether oxygens (including phenoxy) is 1. The van der Waals surface area contributed by atoms with Crippen molar-refractivity contribution in [2.24, 2.45) is 5.92 Å². The van der Waals surface area contributed by atoms with Gasteiger partial charge in [0.2, 0.25) is 10.0 Å². The van der Waals surface area contributed by atoms with Crippen LogP contribution in [0.1, 0.15) is 31.7 Å². The Labute approximate surface area is 223 Å². The fourth-order valence-corrected chi connectivity index (χ4v) is 5.93. The van der Waals surface area contributed by atoms with E-state index >= 15 is 0 Å². The zero-order chi connectivity index (χ0) is 26.1. The molecule has 3 N–H and O–H groups in total. The Morgan fingerprint density at radius 1 is 1.16 bits per heavy atom. The first kappa shape index (κ1) is 30.3. The highest BCUT2D eigenvalue weighted by atomic mass is 35.5. The molecule has 0 unspecified atom stereocenters. The number of carbonyl (C=O) groups excluding carboxylic acids is 2. The lowest BCUT2D eigenvalue weighted by Crippen LogP contribution is -2.55. The van der Waals surface area contributed by atoms with Gasteiger partial charge in [0.15, 0.2) is 0 Å². The minimum Gasteiger partial charge on any atom is -0.497 e. The molecule has 0 saturated carbocycles. The number of methoxy groups -OCH3 is 1. The number of likely N-dealkylation sites (tertiary alicyclic amines) is 1. The summed E-state index contributed by atoms with van der Waals surface area (Å²) >= 11 is 0. The molecule has 1 fully saturated rings. The van der Waals surface area contributed by atoms with Crippen LogP contribution in [0.3, 0.4) is 0 Å². The Hall–Kier alpha value is -2.93. The highest BCUT2D eigenvalue weighted by molar-refractivity contribution is 7.89. The first-order chi connectivity index (χ1) is 17.3. The average molecular weight is 556 g/mol. The van der Waals surface area contributed by atoms with Crippen LogP contribution >= 0.6 is 12.4 Å². The van der Waals surface area contributed by atoms with Crippen LogP contribution in [0.15, 0.2) is 53.7 Å². The van der Waals surface area contributed by atoms with Gasteiger partial charge in [-0.3, -0.25) is 15.0 Å². The van der Waals surface area contributed by atoms with Gasteiger partial charge in [0, 0.05) is 38.6 Å². The number of rotatable bonds is 10. The van der Waals surface area contributed by atoms with E-state index in [0.29, 0.717) is 43.8 Å². The number of hydroxylamine groups is 1. The standard InChI is InChI=1S/C24H33N5O6S.ClH/c1-3-12-26-24(31)28-15-10-19(11-16-28)22(23(30)27-32)29(17-18-8-13-25-14-9-18)36(33,34)21-6-4-20(35-2)5-7-21;/h4-9,13-14,19,22,32H,3,10-12,15-17H2,1-2H3,(H,26,31)(H,27,30);1H/t22-;/m1./s1. The number of carbonyl (C=O) groups is 2. The van der Waals surface area contributed by atoms with Crippen LogP contribution in [-0.2, 0) is 21.4 Å². The monoisotopic (exact) mass is 555 g/mol. The molecule has 13 heteroatoms. The van der Waals surface area contributed by atoms with Crippen molar-refractivity contribution in [3.05, 3.63) is 54.4 Å². The van der Waals surface area contributed by atoms with E-state index in [1.807, 2.05) is 6.92 Å². The maximum absolute atomic E-state index is 13.9. The van der Waals surface area contributed by atoms with E-state index in [0.717, 1.165) is 10.7 Å². The number of aromatic nitrogens is 1. The zero-order valence-corrected chi connectivity index (χ0v) is 22.5. The topological polar surface area (TPSA) is 141 Å². The summed E-state index contributed by atoms with van der Waals surface area (Å²) < 4.78 is 34.0. The highest BCUT2D eigenvalue weighted by Gasteiger charge is 2.42. The van der Waals surface area contributed by atoms with Crippen LogP contribution in [0.4, 0.5) is 4.79 Å². The van der Waals surface area contributed by atoms with E-state index in [4.69, 9.17) is 4.74 Å². The molecule has 0 aliphatic carbocycles. The van der Waals surface area contributed by atoms with Gasteiger partial charge >= 0.3 is 6.03 Å². The molecule has 0 bridgehead atoms. The minimum atomic E-state index is -4.18. The summed E-state index contributed by atoms with van der Waals surface area (Å²) in [4.78, 5) is 31.0. The van der Waals surface area contributed by atoms with Crippen molar-refractivity contribution in [2.45, 2.75) is 43.7 Å². The number of hydrogen-bond donors (Lipinski definition) is 3. The molecule has 1 aliphatic rings. The number of halogens is 1. The SMILES string of the molecule is CCCNC(=O)N1CCC([C@H](C(=O)NO)N(Cc2ccncc2)S(=O)(=O)c2ccc(OC)cc2)CC1.Cl.